The summed E-state index contributed by atoms with van der Waals surface area (Å²) < 4.78 is 22.9. The molecule has 1 saturated heterocycles. The predicted molar refractivity (Wildman–Crippen MR) is 86.5 cm³/mol. The molecule has 0 aromatic heterocycles. The molecule has 1 aliphatic rings. The van der Waals surface area contributed by atoms with E-state index in [1.165, 1.54) is 12.1 Å². The van der Waals surface area contributed by atoms with E-state index in [-0.39, 0.29) is 35.1 Å². The fourth-order valence-electron chi connectivity index (χ4n) is 2.58. The number of piperidine rings is 1. The first-order valence-electron chi connectivity index (χ1n) is 7.53. The Bertz CT molecular complexity index is 697. The zero-order valence-electron chi connectivity index (χ0n) is 13.6. The lowest BCUT2D eigenvalue weighted by molar-refractivity contribution is -0.139. The minimum Gasteiger partial charge on any atom is -0.349 e. The molecular weight excluding hydrogens is 316 g/mol. The number of rotatable bonds is 4. The first kappa shape index (κ1) is 17.5. The van der Waals surface area contributed by atoms with Crippen LogP contribution >= 0.6 is 0 Å². The molecule has 6 nitrogen and oxygen atoms in total. The van der Waals surface area contributed by atoms with Gasteiger partial charge in [-0.1, -0.05) is 12.1 Å². The monoisotopic (exact) mass is 338 g/mol. The Morgan fingerprint density at radius 3 is 2.43 bits per heavy atom. The molecule has 2 atom stereocenters. The number of carbonyl (C=O) groups excluding carboxylic acids is 2. The lowest BCUT2D eigenvalue weighted by Crippen LogP contribution is -2.42. The number of amides is 2. The molecule has 0 radical (unpaired) electrons. The van der Waals surface area contributed by atoms with Gasteiger partial charge in [-0.3, -0.25) is 9.59 Å². The van der Waals surface area contributed by atoms with Gasteiger partial charge >= 0.3 is 0 Å². The van der Waals surface area contributed by atoms with Gasteiger partial charge in [-0.2, -0.15) is 0 Å². The van der Waals surface area contributed by atoms with E-state index < -0.39 is 9.84 Å². The summed E-state index contributed by atoms with van der Waals surface area (Å²) in [6, 6.07) is 6.21. The number of benzene rings is 1. The minimum atomic E-state index is -3.23. The third-order valence-electron chi connectivity index (χ3n) is 4.20. The van der Waals surface area contributed by atoms with Gasteiger partial charge in [0.1, 0.15) is 0 Å². The third-order valence-corrected chi connectivity index (χ3v) is 5.33. The van der Waals surface area contributed by atoms with Gasteiger partial charge in [0.25, 0.3) is 0 Å². The van der Waals surface area contributed by atoms with Gasteiger partial charge in [0.05, 0.1) is 10.9 Å². The zero-order valence-corrected chi connectivity index (χ0v) is 14.4. The van der Waals surface area contributed by atoms with Gasteiger partial charge in [-0.15, -0.1) is 0 Å². The molecule has 1 N–H and O–H groups in total. The summed E-state index contributed by atoms with van der Waals surface area (Å²) in [5.74, 6) is -0.441. The lowest BCUT2D eigenvalue weighted by Gasteiger charge is -2.28. The maximum absolute atomic E-state index is 12.3. The Morgan fingerprint density at radius 1 is 1.30 bits per heavy atom. The van der Waals surface area contributed by atoms with E-state index in [9.17, 15) is 18.0 Å². The number of carbonyl (C=O) groups is 2. The summed E-state index contributed by atoms with van der Waals surface area (Å²) in [7, 11) is -1.49. The van der Waals surface area contributed by atoms with Crippen LogP contribution < -0.4 is 5.32 Å². The molecule has 1 aliphatic heterocycles. The summed E-state index contributed by atoms with van der Waals surface area (Å²) >= 11 is 0. The van der Waals surface area contributed by atoms with Crippen LogP contribution in [0.2, 0.25) is 0 Å². The number of hydrogen-bond acceptors (Lipinski definition) is 4. The average molecular weight is 338 g/mol. The summed E-state index contributed by atoms with van der Waals surface area (Å²) in [6.07, 6.45) is 2.06. The van der Waals surface area contributed by atoms with Crippen molar-refractivity contribution in [3.05, 3.63) is 29.8 Å². The van der Waals surface area contributed by atoms with E-state index in [0.717, 1.165) is 11.8 Å². The first-order valence-corrected chi connectivity index (χ1v) is 9.42. The van der Waals surface area contributed by atoms with Crippen LogP contribution in [0.15, 0.2) is 29.2 Å². The average Bonchev–Trinajstić information content (AvgIpc) is 2.49. The molecule has 0 bridgehead atoms. The van der Waals surface area contributed by atoms with Gasteiger partial charge in [0, 0.05) is 32.2 Å². The second-order valence-electron chi connectivity index (χ2n) is 6.08. The second kappa shape index (κ2) is 6.70. The van der Waals surface area contributed by atoms with Crippen molar-refractivity contribution in [2.45, 2.75) is 30.7 Å². The summed E-state index contributed by atoms with van der Waals surface area (Å²) in [5, 5.41) is 2.90. The molecule has 1 aromatic rings. The summed E-state index contributed by atoms with van der Waals surface area (Å²) in [4.78, 5) is 25.9. The number of hydrogen-bond donors (Lipinski definition) is 1. The quantitative estimate of drug-likeness (QED) is 0.892. The molecule has 2 amide bonds. The van der Waals surface area contributed by atoms with Gasteiger partial charge in [-0.25, -0.2) is 8.42 Å². The molecule has 7 heteroatoms. The smallest absolute Gasteiger partial charge is 0.224 e. The van der Waals surface area contributed by atoms with Gasteiger partial charge in [0.15, 0.2) is 9.84 Å². The second-order valence-corrected chi connectivity index (χ2v) is 8.09. The van der Waals surface area contributed by atoms with Gasteiger partial charge in [-0.05, 0) is 31.0 Å². The number of sulfone groups is 1. The van der Waals surface area contributed by atoms with E-state index >= 15 is 0 Å². The van der Waals surface area contributed by atoms with E-state index in [4.69, 9.17) is 0 Å². The van der Waals surface area contributed by atoms with Crippen LogP contribution in [0.3, 0.4) is 0 Å². The van der Waals surface area contributed by atoms with Crippen molar-refractivity contribution in [3.8, 4) is 0 Å². The Labute approximate surface area is 136 Å². The van der Waals surface area contributed by atoms with Crippen molar-refractivity contribution in [3.63, 3.8) is 0 Å². The van der Waals surface area contributed by atoms with Crippen molar-refractivity contribution < 1.29 is 18.0 Å². The highest BCUT2D eigenvalue weighted by molar-refractivity contribution is 7.90. The maximum atomic E-state index is 12.3. The number of nitrogens with one attached hydrogen (secondary N) is 1. The summed E-state index contributed by atoms with van der Waals surface area (Å²) in [5.41, 5.74) is 0.824. The van der Waals surface area contributed by atoms with Crippen molar-refractivity contribution >= 4 is 21.7 Å². The maximum Gasteiger partial charge on any atom is 0.224 e. The van der Waals surface area contributed by atoms with Crippen molar-refractivity contribution in [2.75, 3.05) is 19.8 Å². The fraction of sp³-hybridized carbons (Fsp3) is 0.500. The highest BCUT2D eigenvalue weighted by atomic mass is 32.2. The Morgan fingerprint density at radius 2 is 1.91 bits per heavy atom. The van der Waals surface area contributed by atoms with Gasteiger partial charge in [0.2, 0.25) is 11.8 Å². The fourth-order valence-corrected chi connectivity index (χ4v) is 3.22. The van der Waals surface area contributed by atoms with Crippen LogP contribution in [-0.2, 0) is 19.4 Å². The van der Waals surface area contributed by atoms with E-state index in [2.05, 4.69) is 5.32 Å². The van der Waals surface area contributed by atoms with E-state index in [1.807, 2.05) is 6.92 Å². The molecule has 0 unspecified atom stereocenters. The largest absolute Gasteiger partial charge is 0.349 e. The van der Waals surface area contributed by atoms with Crippen LogP contribution in [0.25, 0.3) is 0 Å². The van der Waals surface area contributed by atoms with Crippen LogP contribution in [0.1, 0.15) is 31.4 Å². The highest BCUT2D eigenvalue weighted by Crippen LogP contribution is 2.20. The van der Waals surface area contributed by atoms with Crippen molar-refractivity contribution in [1.29, 1.82) is 0 Å². The van der Waals surface area contributed by atoms with Gasteiger partial charge < -0.3 is 10.2 Å². The molecule has 0 spiro atoms. The predicted octanol–water partition coefficient (Wildman–Crippen LogP) is 1.14. The normalized spacial score (nSPS) is 20.2. The molecule has 1 aromatic carbocycles. The topological polar surface area (TPSA) is 83.6 Å². The molecule has 0 saturated carbocycles. The van der Waals surface area contributed by atoms with E-state index in [1.54, 1.807) is 24.1 Å². The van der Waals surface area contributed by atoms with E-state index in [0.29, 0.717) is 13.0 Å². The third kappa shape index (κ3) is 4.31. The highest BCUT2D eigenvalue weighted by Gasteiger charge is 2.29. The molecule has 2 rings (SSSR count). The molecule has 23 heavy (non-hydrogen) atoms. The Balaban J connectivity index is 2.00. The standard InChI is InChI=1S/C16H22N2O4S/c1-11(12-4-6-14(7-5-12)23(3,21)22)17-16(20)13-8-9-18(2)15(19)10-13/h4-7,11,13H,8-10H2,1-3H3,(H,17,20)/t11-,13-/m1/s1. The number of likely N-dealkylation sites (tertiary alicyclic amines) is 1. The Hall–Kier alpha value is -1.89. The Kier molecular flexibility index (Phi) is 5.09. The lowest BCUT2D eigenvalue weighted by atomic mass is 9.95. The van der Waals surface area contributed by atoms with Crippen LogP contribution in [0, 0.1) is 5.92 Å². The van der Waals surface area contributed by atoms with Crippen molar-refractivity contribution in [2.24, 2.45) is 5.92 Å². The summed E-state index contributed by atoms with van der Waals surface area (Å²) in [6.45, 7) is 2.43. The SMILES string of the molecule is C[C@@H](NC(=O)[C@@H]1CCN(C)C(=O)C1)c1ccc(S(C)(=O)=O)cc1. The number of nitrogens with zero attached hydrogens (tertiary/aromatic N) is 1. The molecule has 1 heterocycles. The van der Waals surface area contributed by atoms with Crippen molar-refractivity contribution in [1.82, 2.24) is 10.2 Å². The zero-order chi connectivity index (χ0) is 17.2. The minimum absolute atomic E-state index is 0.0124. The first-order chi connectivity index (χ1) is 10.7. The van der Waals surface area contributed by atoms with Crippen LogP contribution in [0.4, 0.5) is 0 Å². The van der Waals surface area contributed by atoms with Crippen LogP contribution in [-0.4, -0.2) is 45.0 Å². The molecule has 1 fully saturated rings. The molecular formula is C16H22N2O4S. The molecule has 0 aliphatic carbocycles. The van der Waals surface area contributed by atoms with Crippen LogP contribution in [0.5, 0.6) is 0 Å². The molecule has 126 valence electrons.